The third-order valence-corrected chi connectivity index (χ3v) is 3.55. The average molecular weight is 302 g/mol. The summed E-state index contributed by atoms with van der Waals surface area (Å²) in [6.07, 6.45) is -2.12. The van der Waals surface area contributed by atoms with Crippen LogP contribution in [0, 0.1) is 11.8 Å². The largest absolute Gasteiger partial charge is 0.463 e. The van der Waals surface area contributed by atoms with Gasteiger partial charge in [0.15, 0.2) is 6.10 Å². The molecule has 5 atom stereocenters. The molecule has 0 N–H and O–H groups in total. The normalized spacial score (nSPS) is 32.1. The van der Waals surface area contributed by atoms with Gasteiger partial charge in [-0.2, -0.15) is 0 Å². The predicted molar refractivity (Wildman–Crippen MR) is 70.9 cm³/mol. The van der Waals surface area contributed by atoms with Crippen LogP contribution in [0.15, 0.2) is 0 Å². The van der Waals surface area contributed by atoms with Crippen LogP contribution < -0.4 is 0 Å². The van der Waals surface area contributed by atoms with Crippen molar-refractivity contribution in [1.29, 1.82) is 0 Å². The van der Waals surface area contributed by atoms with Crippen molar-refractivity contribution in [3.8, 4) is 0 Å². The van der Waals surface area contributed by atoms with Gasteiger partial charge in [-0.25, -0.2) is 0 Å². The van der Waals surface area contributed by atoms with Crippen LogP contribution in [0.3, 0.4) is 0 Å². The van der Waals surface area contributed by atoms with E-state index in [2.05, 4.69) is 0 Å². The van der Waals surface area contributed by atoms with Gasteiger partial charge >= 0.3 is 17.9 Å². The van der Waals surface area contributed by atoms with Crippen molar-refractivity contribution in [2.45, 2.75) is 53.1 Å². The molecular weight excluding hydrogens is 280 g/mol. The van der Waals surface area contributed by atoms with Crippen molar-refractivity contribution >= 4 is 17.9 Å². The van der Waals surface area contributed by atoms with Crippen LogP contribution in [0.4, 0.5) is 0 Å². The zero-order valence-electron chi connectivity index (χ0n) is 13.0. The Hall–Kier alpha value is -1.63. The lowest BCUT2D eigenvalue weighted by molar-refractivity contribution is -0.271. The summed E-state index contributed by atoms with van der Waals surface area (Å²) >= 11 is 0. The van der Waals surface area contributed by atoms with E-state index in [1.54, 1.807) is 0 Å². The maximum absolute atomic E-state index is 11.2. The van der Waals surface area contributed by atoms with Gasteiger partial charge in [-0.05, 0) is 5.92 Å². The van der Waals surface area contributed by atoms with Crippen molar-refractivity contribution in [3.63, 3.8) is 0 Å². The van der Waals surface area contributed by atoms with E-state index in [9.17, 15) is 14.4 Å². The molecule has 1 aliphatic heterocycles. The van der Waals surface area contributed by atoms with Crippen LogP contribution in [-0.4, -0.2) is 43.0 Å². The van der Waals surface area contributed by atoms with Gasteiger partial charge in [0, 0.05) is 26.7 Å². The molecule has 1 heterocycles. The minimum Gasteiger partial charge on any atom is -0.463 e. The van der Waals surface area contributed by atoms with Crippen LogP contribution in [-0.2, 0) is 33.3 Å². The first-order valence-corrected chi connectivity index (χ1v) is 6.85. The summed E-state index contributed by atoms with van der Waals surface area (Å²) in [5.41, 5.74) is 0. The molecule has 0 spiro atoms. The second kappa shape index (κ2) is 7.40. The Morgan fingerprint density at radius 3 is 1.95 bits per heavy atom. The lowest BCUT2D eigenvalue weighted by Gasteiger charge is -2.42. The smallest absolute Gasteiger partial charge is 0.305 e. The van der Waals surface area contributed by atoms with Gasteiger partial charge in [-0.1, -0.05) is 13.8 Å². The van der Waals surface area contributed by atoms with Crippen LogP contribution in [0.5, 0.6) is 0 Å². The minimum atomic E-state index is -1.00. The minimum absolute atomic E-state index is 0.0412. The van der Waals surface area contributed by atoms with Crippen LogP contribution in [0.2, 0.25) is 0 Å². The Bertz CT molecular complexity index is 404. The molecule has 0 unspecified atom stereocenters. The summed E-state index contributed by atoms with van der Waals surface area (Å²) in [4.78, 5) is 33.3. The highest BCUT2D eigenvalue weighted by Gasteiger charge is 2.45. The number of esters is 3. The van der Waals surface area contributed by atoms with E-state index in [4.69, 9.17) is 18.9 Å². The third kappa shape index (κ3) is 5.00. The zero-order valence-corrected chi connectivity index (χ0v) is 13.0. The topological polar surface area (TPSA) is 88.1 Å². The van der Waals surface area contributed by atoms with E-state index < -0.39 is 36.4 Å². The number of rotatable bonds is 4. The molecule has 1 saturated heterocycles. The number of ether oxygens (including phenoxy) is 4. The van der Waals surface area contributed by atoms with Gasteiger partial charge in [0.25, 0.3) is 0 Å². The Morgan fingerprint density at radius 1 is 0.905 bits per heavy atom. The number of carbonyl (C=O) groups is 3. The van der Waals surface area contributed by atoms with Crippen molar-refractivity contribution in [2.75, 3.05) is 6.61 Å². The Labute approximate surface area is 123 Å². The molecule has 0 aromatic heterocycles. The first-order valence-electron chi connectivity index (χ1n) is 6.85. The van der Waals surface area contributed by atoms with Gasteiger partial charge in [-0.15, -0.1) is 0 Å². The van der Waals surface area contributed by atoms with Crippen LogP contribution in [0.25, 0.3) is 0 Å². The van der Waals surface area contributed by atoms with Gasteiger partial charge in [0.05, 0.1) is 6.10 Å². The molecule has 0 aromatic rings. The van der Waals surface area contributed by atoms with E-state index in [0.29, 0.717) is 0 Å². The molecule has 1 aliphatic rings. The first-order chi connectivity index (χ1) is 9.72. The highest BCUT2D eigenvalue weighted by Crippen LogP contribution is 2.33. The molecule has 7 nitrogen and oxygen atoms in total. The van der Waals surface area contributed by atoms with Crippen molar-refractivity contribution in [2.24, 2.45) is 11.8 Å². The quantitative estimate of drug-likeness (QED) is 0.566. The Balaban J connectivity index is 2.84. The second-order valence-electron chi connectivity index (χ2n) is 5.25. The molecule has 1 fully saturated rings. The lowest BCUT2D eigenvalue weighted by atomic mass is 9.83. The molecule has 21 heavy (non-hydrogen) atoms. The van der Waals surface area contributed by atoms with Gasteiger partial charge in [-0.3, -0.25) is 14.4 Å². The standard InChI is InChI=1S/C14H22O7/c1-7-8(2)13(19-10(4)16)14(20-11(5)17)21-12(7)6-18-9(3)15/h7-8,12-14H,6H2,1-5H3/t7-,8+,12-,13-,14-/m1/s1. The van der Waals surface area contributed by atoms with Gasteiger partial charge < -0.3 is 18.9 Å². The summed E-state index contributed by atoms with van der Waals surface area (Å²) in [5, 5.41) is 0. The SMILES string of the molecule is CC(=O)OC[C@H]1O[C@@H](OC(C)=O)[C@H](OC(C)=O)[C@@H](C)[C@H]1C. The summed E-state index contributed by atoms with van der Waals surface area (Å²) in [6.45, 7) is 7.68. The molecule has 0 bridgehead atoms. The fourth-order valence-electron chi connectivity index (χ4n) is 2.26. The molecule has 0 aliphatic carbocycles. The summed E-state index contributed by atoms with van der Waals surface area (Å²) < 4.78 is 20.9. The molecule has 0 saturated carbocycles. The Morgan fingerprint density at radius 2 is 1.48 bits per heavy atom. The monoisotopic (exact) mass is 302 g/mol. The number of hydrogen-bond acceptors (Lipinski definition) is 7. The highest BCUT2D eigenvalue weighted by molar-refractivity contribution is 5.67. The first kappa shape index (κ1) is 17.4. The summed E-state index contributed by atoms with van der Waals surface area (Å²) in [6, 6.07) is 0. The maximum Gasteiger partial charge on any atom is 0.305 e. The molecule has 0 radical (unpaired) electrons. The summed E-state index contributed by atoms with van der Waals surface area (Å²) in [5.74, 6) is -1.58. The number of hydrogen-bond donors (Lipinski definition) is 0. The molecule has 0 aromatic carbocycles. The number of carbonyl (C=O) groups excluding carboxylic acids is 3. The van der Waals surface area contributed by atoms with Crippen LogP contribution >= 0.6 is 0 Å². The fraction of sp³-hybridized carbons (Fsp3) is 0.786. The summed E-state index contributed by atoms with van der Waals surface area (Å²) in [7, 11) is 0. The molecule has 7 heteroatoms. The van der Waals surface area contributed by atoms with E-state index in [1.165, 1.54) is 20.8 Å². The average Bonchev–Trinajstić information content (AvgIpc) is 2.35. The zero-order chi connectivity index (χ0) is 16.2. The molecule has 1 rings (SSSR count). The second-order valence-corrected chi connectivity index (χ2v) is 5.25. The highest BCUT2D eigenvalue weighted by atomic mass is 16.7. The van der Waals surface area contributed by atoms with Crippen molar-refractivity contribution < 1.29 is 33.3 Å². The maximum atomic E-state index is 11.2. The molecule has 0 amide bonds. The predicted octanol–water partition coefficient (Wildman–Crippen LogP) is 1.04. The van der Waals surface area contributed by atoms with Crippen molar-refractivity contribution in [1.82, 2.24) is 0 Å². The van der Waals surface area contributed by atoms with E-state index in [-0.39, 0.29) is 18.4 Å². The van der Waals surface area contributed by atoms with Crippen LogP contribution in [0.1, 0.15) is 34.6 Å². The Kier molecular flexibility index (Phi) is 6.14. The third-order valence-electron chi connectivity index (χ3n) is 3.55. The fourth-order valence-corrected chi connectivity index (χ4v) is 2.26. The molecule has 120 valence electrons. The van der Waals surface area contributed by atoms with E-state index in [0.717, 1.165) is 0 Å². The van der Waals surface area contributed by atoms with E-state index in [1.807, 2.05) is 13.8 Å². The lowest BCUT2D eigenvalue weighted by Crippen LogP contribution is -2.53. The van der Waals surface area contributed by atoms with Gasteiger partial charge in [0.1, 0.15) is 6.61 Å². The van der Waals surface area contributed by atoms with Crippen molar-refractivity contribution in [3.05, 3.63) is 0 Å². The van der Waals surface area contributed by atoms with Gasteiger partial charge in [0.2, 0.25) is 6.29 Å². The molecular formula is C14H22O7. The van der Waals surface area contributed by atoms with E-state index >= 15 is 0 Å².